The summed E-state index contributed by atoms with van der Waals surface area (Å²) < 4.78 is 39.0. The van der Waals surface area contributed by atoms with Crippen LogP contribution in [0, 0.1) is 11.7 Å². The number of hydrogen-bond donors (Lipinski definition) is 1. The number of halogens is 2. The highest BCUT2D eigenvalue weighted by molar-refractivity contribution is 9.10. The minimum atomic E-state index is -4.03. The Bertz CT molecular complexity index is 774. The summed E-state index contributed by atoms with van der Waals surface area (Å²) in [4.78, 5) is 0. The van der Waals surface area contributed by atoms with Crippen molar-refractivity contribution in [1.82, 2.24) is 14.8 Å². The van der Waals surface area contributed by atoms with E-state index in [-0.39, 0.29) is 26.9 Å². The first-order valence-electron chi connectivity index (χ1n) is 6.12. The van der Waals surface area contributed by atoms with Crippen LogP contribution in [0.25, 0.3) is 11.4 Å². The first-order chi connectivity index (χ1) is 9.71. The quantitative estimate of drug-likeness (QED) is 0.884. The lowest BCUT2D eigenvalue weighted by Crippen LogP contribution is -2.20. The molecule has 1 aromatic heterocycles. The molecule has 0 bridgehead atoms. The fourth-order valence-corrected chi connectivity index (χ4v) is 2.89. The smallest absolute Gasteiger partial charge is 0.273 e. The van der Waals surface area contributed by atoms with Crippen LogP contribution in [-0.4, -0.2) is 23.2 Å². The van der Waals surface area contributed by atoms with Crippen LogP contribution in [0.5, 0.6) is 0 Å². The number of hydrogen-bond acceptors (Lipinski definition) is 4. The molecule has 2 aromatic rings. The molecule has 6 nitrogen and oxygen atoms in total. The number of sulfonamides is 1. The van der Waals surface area contributed by atoms with Crippen LogP contribution in [0.3, 0.4) is 0 Å². The Morgan fingerprint density at radius 2 is 2.05 bits per heavy atom. The molecule has 0 unspecified atom stereocenters. The fourth-order valence-electron chi connectivity index (χ4n) is 1.90. The molecule has 0 spiro atoms. The Hall–Kier alpha value is -1.32. The summed E-state index contributed by atoms with van der Waals surface area (Å²) in [5.74, 6) is -0.294. The number of aromatic nitrogens is 3. The van der Waals surface area contributed by atoms with Gasteiger partial charge in [0.2, 0.25) is 0 Å². The monoisotopic (exact) mass is 376 g/mol. The van der Waals surface area contributed by atoms with E-state index in [1.807, 2.05) is 13.8 Å². The van der Waals surface area contributed by atoms with Crippen molar-refractivity contribution >= 4 is 26.0 Å². The zero-order valence-corrected chi connectivity index (χ0v) is 13.8. The van der Waals surface area contributed by atoms with Crippen LogP contribution in [0.2, 0.25) is 0 Å². The van der Waals surface area contributed by atoms with E-state index < -0.39 is 15.8 Å². The van der Waals surface area contributed by atoms with Gasteiger partial charge in [0.05, 0.1) is 10.0 Å². The highest BCUT2D eigenvalue weighted by atomic mass is 79.9. The second kappa shape index (κ2) is 5.82. The Morgan fingerprint density at radius 1 is 1.38 bits per heavy atom. The Balaban J connectivity index is 2.70. The maximum absolute atomic E-state index is 14.2. The number of nitrogens with two attached hydrogens (primary N) is 1. The van der Waals surface area contributed by atoms with Crippen molar-refractivity contribution in [3.63, 3.8) is 0 Å². The lowest BCUT2D eigenvalue weighted by Gasteiger charge is -2.12. The molecule has 0 fully saturated rings. The fraction of sp³-hybridized carbons (Fsp3) is 0.333. The zero-order valence-electron chi connectivity index (χ0n) is 11.4. The summed E-state index contributed by atoms with van der Waals surface area (Å²) in [5.41, 5.74) is 0.160. The van der Waals surface area contributed by atoms with Gasteiger partial charge in [-0.25, -0.2) is 17.9 Å². The second-order valence-electron chi connectivity index (χ2n) is 4.96. The second-order valence-corrected chi connectivity index (χ2v) is 7.27. The maximum atomic E-state index is 14.2. The number of benzene rings is 1. The van der Waals surface area contributed by atoms with Crippen molar-refractivity contribution in [1.29, 1.82) is 0 Å². The third-order valence-corrected chi connectivity index (χ3v) is 4.13. The summed E-state index contributed by atoms with van der Waals surface area (Å²) in [7, 11) is -4.03. The normalized spacial score (nSPS) is 12.1. The summed E-state index contributed by atoms with van der Waals surface area (Å²) in [6, 6.07) is 4.68. The van der Waals surface area contributed by atoms with Gasteiger partial charge in [0.1, 0.15) is 5.82 Å². The van der Waals surface area contributed by atoms with Crippen molar-refractivity contribution in [2.45, 2.75) is 25.5 Å². The summed E-state index contributed by atoms with van der Waals surface area (Å²) >= 11 is 3.09. The molecule has 2 rings (SSSR count). The van der Waals surface area contributed by atoms with Crippen LogP contribution in [-0.2, 0) is 16.6 Å². The van der Waals surface area contributed by atoms with Crippen LogP contribution >= 0.6 is 15.9 Å². The Kier molecular flexibility index (Phi) is 4.45. The molecule has 0 saturated heterocycles. The minimum absolute atomic E-state index is 0.107. The Labute approximate surface area is 130 Å². The van der Waals surface area contributed by atoms with Gasteiger partial charge in [0.25, 0.3) is 15.2 Å². The SMILES string of the molecule is CC(C)Cn1c(-c2cccc(Br)c2F)nnc1S(N)(=O)=O. The average Bonchev–Trinajstić information content (AvgIpc) is 2.75. The van der Waals surface area contributed by atoms with Crippen LogP contribution < -0.4 is 5.14 Å². The highest BCUT2D eigenvalue weighted by Crippen LogP contribution is 2.28. The summed E-state index contributed by atoms with van der Waals surface area (Å²) in [6.45, 7) is 4.10. The van der Waals surface area contributed by atoms with Gasteiger partial charge in [0.15, 0.2) is 5.82 Å². The molecule has 0 aliphatic carbocycles. The van der Waals surface area contributed by atoms with E-state index in [2.05, 4.69) is 26.1 Å². The molecule has 0 aliphatic rings. The molecule has 1 aromatic carbocycles. The van der Waals surface area contributed by atoms with Gasteiger partial charge < -0.3 is 0 Å². The van der Waals surface area contributed by atoms with Crippen molar-refractivity contribution in [2.24, 2.45) is 11.1 Å². The van der Waals surface area contributed by atoms with Crippen molar-refractivity contribution < 1.29 is 12.8 Å². The number of primary sulfonamides is 1. The molecule has 21 heavy (non-hydrogen) atoms. The minimum Gasteiger partial charge on any atom is -0.296 e. The molecule has 9 heteroatoms. The molecule has 0 saturated carbocycles. The van der Waals surface area contributed by atoms with Crippen molar-refractivity contribution in [2.75, 3.05) is 0 Å². The van der Waals surface area contributed by atoms with Crippen molar-refractivity contribution in [3.8, 4) is 11.4 Å². The average molecular weight is 377 g/mol. The van der Waals surface area contributed by atoms with E-state index in [0.717, 1.165) is 0 Å². The predicted octanol–water partition coefficient (Wildman–Crippen LogP) is 2.15. The molecule has 2 N–H and O–H groups in total. The van der Waals surface area contributed by atoms with Gasteiger partial charge in [-0.05, 0) is 34.0 Å². The van der Waals surface area contributed by atoms with E-state index in [0.29, 0.717) is 6.54 Å². The summed E-state index contributed by atoms with van der Waals surface area (Å²) in [6.07, 6.45) is 0. The predicted molar refractivity (Wildman–Crippen MR) is 79.3 cm³/mol. The van der Waals surface area contributed by atoms with Gasteiger partial charge in [-0.2, -0.15) is 0 Å². The lowest BCUT2D eigenvalue weighted by atomic mass is 10.2. The van der Waals surface area contributed by atoms with E-state index in [1.165, 1.54) is 10.6 Å². The molecule has 1 heterocycles. The lowest BCUT2D eigenvalue weighted by molar-refractivity contribution is 0.485. The standard InChI is InChI=1S/C12H14BrFN4O2S/c1-7(2)6-18-11(16-17-12(18)21(15,19)20)8-4-3-5-9(13)10(8)14/h3-5,7H,6H2,1-2H3,(H2,15,19,20). The van der Waals surface area contributed by atoms with Gasteiger partial charge >= 0.3 is 0 Å². The Morgan fingerprint density at radius 3 is 2.62 bits per heavy atom. The summed E-state index contributed by atoms with van der Waals surface area (Å²) in [5, 5.41) is 12.2. The third-order valence-electron chi connectivity index (χ3n) is 2.71. The number of nitrogens with zero attached hydrogens (tertiary/aromatic N) is 3. The maximum Gasteiger partial charge on any atom is 0.273 e. The largest absolute Gasteiger partial charge is 0.296 e. The molecule has 0 aliphatic heterocycles. The van der Waals surface area contributed by atoms with Gasteiger partial charge in [-0.3, -0.25) is 4.57 Å². The first kappa shape index (κ1) is 16.1. The molecular formula is C12H14BrFN4O2S. The van der Waals surface area contributed by atoms with E-state index in [1.54, 1.807) is 12.1 Å². The first-order valence-corrected chi connectivity index (χ1v) is 8.46. The van der Waals surface area contributed by atoms with Crippen LogP contribution in [0.1, 0.15) is 13.8 Å². The molecule has 0 radical (unpaired) electrons. The van der Waals surface area contributed by atoms with E-state index in [4.69, 9.17) is 5.14 Å². The topological polar surface area (TPSA) is 90.9 Å². The highest BCUT2D eigenvalue weighted by Gasteiger charge is 2.24. The van der Waals surface area contributed by atoms with Gasteiger partial charge in [-0.15, -0.1) is 10.2 Å². The van der Waals surface area contributed by atoms with Gasteiger partial charge in [0, 0.05) is 6.54 Å². The van der Waals surface area contributed by atoms with E-state index in [9.17, 15) is 12.8 Å². The number of rotatable bonds is 4. The zero-order chi connectivity index (χ0) is 15.8. The van der Waals surface area contributed by atoms with Gasteiger partial charge in [-0.1, -0.05) is 19.9 Å². The molecule has 114 valence electrons. The van der Waals surface area contributed by atoms with Crippen LogP contribution in [0.15, 0.2) is 27.8 Å². The van der Waals surface area contributed by atoms with Crippen LogP contribution in [0.4, 0.5) is 4.39 Å². The third kappa shape index (κ3) is 3.30. The van der Waals surface area contributed by atoms with E-state index >= 15 is 0 Å². The molecule has 0 amide bonds. The molecular weight excluding hydrogens is 363 g/mol. The van der Waals surface area contributed by atoms with Crippen molar-refractivity contribution in [3.05, 3.63) is 28.5 Å². The molecule has 0 atom stereocenters.